The Morgan fingerprint density at radius 2 is 2.19 bits per heavy atom. The summed E-state index contributed by atoms with van der Waals surface area (Å²) in [6, 6.07) is 0.938. The minimum absolute atomic E-state index is 0.380. The van der Waals surface area contributed by atoms with Crippen molar-refractivity contribution in [2.75, 3.05) is 12.0 Å². The van der Waals surface area contributed by atoms with Gasteiger partial charge in [0, 0.05) is 30.9 Å². The number of hydrogen-bond acceptors (Lipinski definition) is 3. The average Bonchev–Trinajstić information content (AvgIpc) is 2.54. The van der Waals surface area contributed by atoms with E-state index < -0.39 is 0 Å². The minimum atomic E-state index is 0.380. The molecule has 0 fully saturated rings. The van der Waals surface area contributed by atoms with Crippen LogP contribution in [0.2, 0.25) is 0 Å². The number of aryl methyl sites for hydroxylation is 2. The topological polar surface area (TPSA) is 29.9 Å². The van der Waals surface area contributed by atoms with Crippen LogP contribution in [0.15, 0.2) is 6.20 Å². The van der Waals surface area contributed by atoms with E-state index in [0.29, 0.717) is 12.1 Å². The molecule has 92 valence electrons. The van der Waals surface area contributed by atoms with Crippen molar-refractivity contribution in [1.82, 2.24) is 15.1 Å². The average molecular weight is 241 g/mol. The molecule has 1 aromatic rings. The Kier molecular flexibility index (Phi) is 5.35. The van der Waals surface area contributed by atoms with Crippen molar-refractivity contribution in [3.8, 4) is 0 Å². The van der Waals surface area contributed by atoms with Crippen LogP contribution in [0, 0.1) is 6.92 Å². The first-order chi connectivity index (χ1) is 7.54. The maximum Gasteiger partial charge on any atom is 0.0641 e. The fraction of sp³-hybridized carbons (Fsp3) is 0.750. The van der Waals surface area contributed by atoms with Crippen molar-refractivity contribution in [2.45, 2.75) is 39.3 Å². The van der Waals surface area contributed by atoms with E-state index in [-0.39, 0.29) is 0 Å². The van der Waals surface area contributed by atoms with Gasteiger partial charge in [-0.05, 0) is 39.2 Å². The molecule has 0 saturated carbocycles. The molecule has 16 heavy (non-hydrogen) atoms. The van der Waals surface area contributed by atoms with E-state index in [0.717, 1.165) is 5.69 Å². The smallest absolute Gasteiger partial charge is 0.0641 e. The monoisotopic (exact) mass is 241 g/mol. The highest BCUT2D eigenvalue weighted by atomic mass is 32.2. The maximum absolute atomic E-state index is 4.37. The van der Waals surface area contributed by atoms with E-state index in [1.54, 1.807) is 0 Å². The molecule has 1 rings (SSSR count). The summed E-state index contributed by atoms with van der Waals surface area (Å²) in [7, 11) is 1.97. The van der Waals surface area contributed by atoms with Gasteiger partial charge in [0.2, 0.25) is 0 Å². The number of nitrogens with one attached hydrogen (secondary N) is 1. The van der Waals surface area contributed by atoms with Crippen LogP contribution in [-0.2, 0) is 7.05 Å². The summed E-state index contributed by atoms with van der Waals surface area (Å²) in [6.07, 6.45) is 5.47. The van der Waals surface area contributed by atoms with Crippen LogP contribution in [0.1, 0.15) is 37.6 Å². The van der Waals surface area contributed by atoms with Gasteiger partial charge in [0.25, 0.3) is 0 Å². The first-order valence-electron chi connectivity index (χ1n) is 5.79. The fourth-order valence-electron chi connectivity index (χ4n) is 1.94. The fourth-order valence-corrected chi connectivity index (χ4v) is 2.53. The molecular weight excluding hydrogens is 218 g/mol. The number of nitrogens with zero attached hydrogens (tertiary/aromatic N) is 2. The van der Waals surface area contributed by atoms with Gasteiger partial charge in [-0.2, -0.15) is 16.9 Å². The van der Waals surface area contributed by atoms with Crippen LogP contribution in [0.4, 0.5) is 0 Å². The zero-order chi connectivity index (χ0) is 12.1. The highest BCUT2D eigenvalue weighted by Crippen LogP contribution is 2.16. The molecule has 0 amide bonds. The maximum atomic E-state index is 4.37. The van der Waals surface area contributed by atoms with Gasteiger partial charge in [-0.15, -0.1) is 0 Å². The quantitative estimate of drug-likeness (QED) is 0.830. The molecule has 0 spiro atoms. The van der Waals surface area contributed by atoms with Gasteiger partial charge in [-0.1, -0.05) is 0 Å². The molecule has 0 aliphatic heterocycles. The van der Waals surface area contributed by atoms with Gasteiger partial charge >= 0.3 is 0 Å². The van der Waals surface area contributed by atoms with Crippen LogP contribution in [0.25, 0.3) is 0 Å². The predicted molar refractivity (Wildman–Crippen MR) is 72.0 cm³/mol. The molecule has 0 aromatic carbocycles. The van der Waals surface area contributed by atoms with E-state index in [9.17, 15) is 0 Å². The molecule has 0 aliphatic carbocycles. The molecule has 0 bridgehead atoms. The second kappa shape index (κ2) is 6.30. The zero-order valence-electron chi connectivity index (χ0n) is 10.9. The van der Waals surface area contributed by atoms with Gasteiger partial charge in [-0.25, -0.2) is 0 Å². The Labute approximate surface area is 103 Å². The van der Waals surface area contributed by atoms with Gasteiger partial charge < -0.3 is 5.32 Å². The van der Waals surface area contributed by atoms with Crippen LogP contribution in [0.3, 0.4) is 0 Å². The van der Waals surface area contributed by atoms with Gasteiger partial charge in [0.15, 0.2) is 0 Å². The highest BCUT2D eigenvalue weighted by Gasteiger charge is 2.13. The predicted octanol–water partition coefficient (Wildman–Crippen LogP) is 2.52. The lowest BCUT2D eigenvalue weighted by Gasteiger charge is -2.19. The molecule has 0 aliphatic rings. The summed E-state index contributed by atoms with van der Waals surface area (Å²) >= 11 is 1.90. The Hall–Kier alpha value is -0.480. The summed E-state index contributed by atoms with van der Waals surface area (Å²) in [5, 5.41) is 7.99. The number of rotatable bonds is 6. The molecule has 4 heteroatoms. The third-order valence-electron chi connectivity index (χ3n) is 2.81. The Morgan fingerprint density at radius 3 is 2.69 bits per heavy atom. The third-order valence-corrected chi connectivity index (χ3v) is 3.45. The summed E-state index contributed by atoms with van der Waals surface area (Å²) in [5.41, 5.74) is 2.43. The van der Waals surface area contributed by atoms with Gasteiger partial charge in [-0.3, -0.25) is 4.68 Å². The lowest BCUT2D eigenvalue weighted by atomic mass is 10.1. The Bertz CT molecular complexity index is 322. The van der Waals surface area contributed by atoms with E-state index in [4.69, 9.17) is 0 Å². The third kappa shape index (κ3) is 3.83. The Morgan fingerprint density at radius 1 is 1.50 bits per heavy atom. The van der Waals surface area contributed by atoms with Crippen molar-refractivity contribution in [1.29, 1.82) is 0 Å². The molecule has 0 saturated heterocycles. The SMILES string of the molecule is CSCCC(C)NC(C)c1cn(C)nc1C. The van der Waals surface area contributed by atoms with Crippen LogP contribution in [-0.4, -0.2) is 27.8 Å². The van der Waals surface area contributed by atoms with Crippen molar-refractivity contribution in [2.24, 2.45) is 7.05 Å². The first kappa shape index (κ1) is 13.6. The molecule has 0 radical (unpaired) electrons. The van der Waals surface area contributed by atoms with E-state index >= 15 is 0 Å². The molecule has 2 atom stereocenters. The summed E-state index contributed by atoms with van der Waals surface area (Å²) in [4.78, 5) is 0. The largest absolute Gasteiger partial charge is 0.308 e. The first-order valence-corrected chi connectivity index (χ1v) is 7.19. The number of thioether (sulfide) groups is 1. The van der Waals surface area contributed by atoms with Crippen LogP contribution in [0.5, 0.6) is 0 Å². The summed E-state index contributed by atoms with van der Waals surface area (Å²) in [6.45, 7) is 6.53. The van der Waals surface area contributed by atoms with Crippen molar-refractivity contribution >= 4 is 11.8 Å². The van der Waals surface area contributed by atoms with Crippen molar-refractivity contribution in [3.05, 3.63) is 17.5 Å². The van der Waals surface area contributed by atoms with Crippen LogP contribution >= 0.6 is 11.8 Å². The van der Waals surface area contributed by atoms with Crippen molar-refractivity contribution < 1.29 is 0 Å². The zero-order valence-corrected chi connectivity index (χ0v) is 11.8. The second-order valence-electron chi connectivity index (χ2n) is 4.41. The number of hydrogen-bond donors (Lipinski definition) is 1. The Balaban J connectivity index is 2.51. The molecule has 1 N–H and O–H groups in total. The standard InChI is InChI=1S/C12H23N3S/c1-9(6-7-16-5)13-10(2)12-8-15(4)14-11(12)3/h8-10,13H,6-7H2,1-5H3. The van der Waals surface area contributed by atoms with E-state index in [1.165, 1.54) is 17.7 Å². The van der Waals surface area contributed by atoms with E-state index in [2.05, 4.69) is 43.6 Å². The van der Waals surface area contributed by atoms with Gasteiger partial charge in [0.05, 0.1) is 5.69 Å². The normalized spacial score (nSPS) is 15.1. The second-order valence-corrected chi connectivity index (χ2v) is 5.40. The lowest BCUT2D eigenvalue weighted by molar-refractivity contribution is 0.470. The molecule has 2 unspecified atom stereocenters. The molecule has 1 aromatic heterocycles. The van der Waals surface area contributed by atoms with E-state index in [1.807, 2.05) is 23.5 Å². The molecule has 1 heterocycles. The van der Waals surface area contributed by atoms with Crippen molar-refractivity contribution in [3.63, 3.8) is 0 Å². The highest BCUT2D eigenvalue weighted by molar-refractivity contribution is 7.98. The molecule has 3 nitrogen and oxygen atoms in total. The number of aromatic nitrogens is 2. The lowest BCUT2D eigenvalue weighted by Crippen LogP contribution is -2.29. The molecular formula is C12H23N3S. The summed E-state index contributed by atoms with van der Waals surface area (Å²) in [5.74, 6) is 1.22. The van der Waals surface area contributed by atoms with Crippen LogP contribution < -0.4 is 5.32 Å². The summed E-state index contributed by atoms with van der Waals surface area (Å²) < 4.78 is 1.88. The van der Waals surface area contributed by atoms with Gasteiger partial charge in [0.1, 0.15) is 0 Å². The minimum Gasteiger partial charge on any atom is -0.308 e.